The van der Waals surface area contributed by atoms with Crippen LogP contribution in [0.4, 0.5) is 0 Å². The maximum Gasteiger partial charge on any atom is 0.134 e. The molecule has 0 bridgehead atoms. The lowest BCUT2D eigenvalue weighted by atomic mass is 9.98. The molecule has 3 heteroatoms. The third-order valence-corrected chi connectivity index (χ3v) is 1.70. The van der Waals surface area contributed by atoms with Crippen LogP contribution >= 0.6 is 0 Å². The number of nitrogens with two attached hydrogens (primary N) is 1. The maximum absolute atomic E-state index is 10.8. The van der Waals surface area contributed by atoms with Crippen molar-refractivity contribution in [3.8, 4) is 0 Å². The molecule has 0 fully saturated rings. The van der Waals surface area contributed by atoms with Crippen LogP contribution in [0.25, 0.3) is 0 Å². The molecule has 0 saturated carbocycles. The molecular formula is C8H15NO2. The molecule has 0 saturated heterocycles. The first kappa shape index (κ1) is 10.3. The molecule has 64 valence electrons. The Bertz CT molecular complexity index is 154. The number of ketones is 2. The van der Waals surface area contributed by atoms with Crippen molar-refractivity contribution < 1.29 is 9.59 Å². The fraction of sp³-hybridized carbons (Fsp3) is 0.750. The van der Waals surface area contributed by atoms with E-state index in [4.69, 9.17) is 5.73 Å². The second-order valence-corrected chi connectivity index (χ2v) is 2.78. The average Bonchev–Trinajstić information content (AvgIpc) is 1.87. The number of carbonyl (C=O) groups excluding carboxylic acids is 2. The Morgan fingerprint density at radius 3 is 2.18 bits per heavy atom. The van der Waals surface area contributed by atoms with Gasteiger partial charge in [-0.25, -0.2) is 0 Å². The summed E-state index contributed by atoms with van der Waals surface area (Å²) < 4.78 is 0. The molecule has 0 aliphatic heterocycles. The highest BCUT2D eigenvalue weighted by molar-refractivity contribution is 5.80. The summed E-state index contributed by atoms with van der Waals surface area (Å²) in [6, 6.07) is 0. The largest absolute Gasteiger partial charge is 0.330 e. The third-order valence-electron chi connectivity index (χ3n) is 1.70. The van der Waals surface area contributed by atoms with Gasteiger partial charge in [-0.05, 0) is 20.3 Å². The van der Waals surface area contributed by atoms with E-state index in [1.54, 1.807) is 0 Å². The van der Waals surface area contributed by atoms with Crippen molar-refractivity contribution in [2.45, 2.75) is 26.7 Å². The van der Waals surface area contributed by atoms with Crippen LogP contribution in [-0.4, -0.2) is 18.1 Å². The average molecular weight is 157 g/mol. The van der Waals surface area contributed by atoms with Crippen molar-refractivity contribution in [3.63, 3.8) is 0 Å². The SMILES string of the molecule is CC(=O)CC[C@H](CN)C(C)=O. The van der Waals surface area contributed by atoms with Crippen LogP contribution in [0.3, 0.4) is 0 Å². The molecule has 2 N–H and O–H groups in total. The van der Waals surface area contributed by atoms with Gasteiger partial charge < -0.3 is 10.5 Å². The molecule has 0 unspecified atom stereocenters. The monoisotopic (exact) mass is 157 g/mol. The summed E-state index contributed by atoms with van der Waals surface area (Å²) in [6.07, 6.45) is 1.06. The zero-order chi connectivity index (χ0) is 8.85. The van der Waals surface area contributed by atoms with Crippen molar-refractivity contribution in [3.05, 3.63) is 0 Å². The Morgan fingerprint density at radius 1 is 1.36 bits per heavy atom. The topological polar surface area (TPSA) is 60.2 Å². The molecule has 0 rings (SSSR count). The van der Waals surface area contributed by atoms with E-state index in [1.165, 1.54) is 13.8 Å². The van der Waals surface area contributed by atoms with E-state index >= 15 is 0 Å². The second-order valence-electron chi connectivity index (χ2n) is 2.78. The minimum atomic E-state index is -0.126. The van der Waals surface area contributed by atoms with E-state index in [-0.39, 0.29) is 17.5 Å². The highest BCUT2D eigenvalue weighted by atomic mass is 16.1. The highest BCUT2D eigenvalue weighted by Gasteiger charge is 2.11. The summed E-state index contributed by atoms with van der Waals surface area (Å²) in [6.45, 7) is 3.38. The third kappa shape index (κ3) is 4.67. The Hall–Kier alpha value is -0.700. The van der Waals surface area contributed by atoms with Crippen LogP contribution in [0.5, 0.6) is 0 Å². The van der Waals surface area contributed by atoms with Gasteiger partial charge in [0, 0.05) is 18.9 Å². The fourth-order valence-electron chi connectivity index (χ4n) is 0.865. The number of Topliss-reactive ketones (excluding diaryl/α,β-unsaturated/α-hetero) is 2. The molecule has 0 aliphatic rings. The molecular weight excluding hydrogens is 142 g/mol. The van der Waals surface area contributed by atoms with Crippen LogP contribution in [0.2, 0.25) is 0 Å². The van der Waals surface area contributed by atoms with Crippen molar-refractivity contribution in [1.82, 2.24) is 0 Å². The molecule has 0 aromatic carbocycles. The van der Waals surface area contributed by atoms with Gasteiger partial charge in [-0.1, -0.05) is 0 Å². The van der Waals surface area contributed by atoms with Crippen LogP contribution in [-0.2, 0) is 9.59 Å². The van der Waals surface area contributed by atoms with Gasteiger partial charge in [-0.3, -0.25) is 4.79 Å². The minimum Gasteiger partial charge on any atom is -0.330 e. The lowest BCUT2D eigenvalue weighted by Crippen LogP contribution is -2.21. The molecule has 0 aliphatic carbocycles. The minimum absolute atomic E-state index is 0.0775. The fourth-order valence-corrected chi connectivity index (χ4v) is 0.865. The Kier molecular flexibility index (Phi) is 4.70. The van der Waals surface area contributed by atoms with E-state index < -0.39 is 0 Å². The van der Waals surface area contributed by atoms with E-state index in [1.807, 2.05) is 0 Å². The van der Waals surface area contributed by atoms with Gasteiger partial charge in [0.25, 0.3) is 0 Å². The summed E-state index contributed by atoms with van der Waals surface area (Å²) >= 11 is 0. The van der Waals surface area contributed by atoms with Crippen molar-refractivity contribution >= 4 is 11.6 Å². The first-order valence-electron chi connectivity index (χ1n) is 3.78. The van der Waals surface area contributed by atoms with E-state index in [0.29, 0.717) is 19.4 Å². The zero-order valence-electron chi connectivity index (χ0n) is 7.09. The first-order valence-corrected chi connectivity index (χ1v) is 3.78. The summed E-state index contributed by atoms with van der Waals surface area (Å²) in [5, 5.41) is 0. The smallest absolute Gasteiger partial charge is 0.134 e. The first-order chi connectivity index (χ1) is 5.07. The van der Waals surface area contributed by atoms with Crippen LogP contribution in [0.1, 0.15) is 26.7 Å². The number of hydrogen-bond donors (Lipinski definition) is 1. The standard InChI is InChI=1S/C8H15NO2/c1-6(10)3-4-8(5-9)7(2)11/h8H,3-5,9H2,1-2H3/t8-/m1/s1. The summed E-state index contributed by atoms with van der Waals surface area (Å²) in [7, 11) is 0. The number of hydrogen-bond acceptors (Lipinski definition) is 3. The van der Waals surface area contributed by atoms with Crippen molar-refractivity contribution in [1.29, 1.82) is 0 Å². The highest BCUT2D eigenvalue weighted by Crippen LogP contribution is 2.05. The van der Waals surface area contributed by atoms with Crippen LogP contribution in [0, 0.1) is 5.92 Å². The predicted octanol–water partition coefficient (Wildman–Crippen LogP) is 0.520. The Balaban J connectivity index is 3.70. The maximum atomic E-state index is 10.8. The molecule has 3 nitrogen and oxygen atoms in total. The second kappa shape index (κ2) is 5.02. The molecule has 0 heterocycles. The summed E-state index contributed by atoms with van der Waals surface area (Å²) in [5.41, 5.74) is 5.33. The van der Waals surface area contributed by atoms with Gasteiger partial charge in [-0.2, -0.15) is 0 Å². The molecule has 0 spiro atoms. The van der Waals surface area contributed by atoms with Gasteiger partial charge in [0.15, 0.2) is 0 Å². The lowest BCUT2D eigenvalue weighted by Gasteiger charge is -2.08. The molecule has 0 aromatic rings. The van der Waals surface area contributed by atoms with Crippen molar-refractivity contribution in [2.75, 3.05) is 6.54 Å². The number of carbonyl (C=O) groups is 2. The van der Waals surface area contributed by atoms with E-state index in [9.17, 15) is 9.59 Å². The van der Waals surface area contributed by atoms with Gasteiger partial charge in [0.2, 0.25) is 0 Å². The zero-order valence-corrected chi connectivity index (χ0v) is 7.09. The van der Waals surface area contributed by atoms with E-state index in [2.05, 4.69) is 0 Å². The van der Waals surface area contributed by atoms with Gasteiger partial charge in [0.1, 0.15) is 11.6 Å². The quantitative estimate of drug-likeness (QED) is 0.633. The number of rotatable bonds is 5. The van der Waals surface area contributed by atoms with Crippen molar-refractivity contribution in [2.24, 2.45) is 11.7 Å². The molecule has 11 heavy (non-hydrogen) atoms. The molecule has 1 atom stereocenters. The summed E-state index contributed by atoms with van der Waals surface area (Å²) in [4.78, 5) is 21.3. The van der Waals surface area contributed by atoms with Crippen LogP contribution in [0.15, 0.2) is 0 Å². The molecule has 0 aromatic heterocycles. The molecule has 0 radical (unpaired) electrons. The van der Waals surface area contributed by atoms with E-state index in [0.717, 1.165) is 0 Å². The summed E-state index contributed by atoms with van der Waals surface area (Å²) in [5.74, 6) is 0.0670. The Labute approximate surface area is 67.0 Å². The molecule has 0 amide bonds. The lowest BCUT2D eigenvalue weighted by molar-refractivity contribution is -0.121. The van der Waals surface area contributed by atoms with Gasteiger partial charge in [0.05, 0.1) is 0 Å². The normalized spacial score (nSPS) is 12.6. The van der Waals surface area contributed by atoms with Gasteiger partial charge >= 0.3 is 0 Å². The van der Waals surface area contributed by atoms with Crippen LogP contribution < -0.4 is 5.73 Å². The predicted molar refractivity (Wildman–Crippen MR) is 43.1 cm³/mol. The van der Waals surface area contributed by atoms with Gasteiger partial charge in [-0.15, -0.1) is 0 Å². The Morgan fingerprint density at radius 2 is 1.91 bits per heavy atom.